The van der Waals surface area contributed by atoms with Gasteiger partial charge in [0.05, 0.1) is 10.9 Å². The first-order chi connectivity index (χ1) is 12.9. The number of carbonyl (C=O) groups is 2. The average molecular weight is 362 g/mol. The molecule has 0 radical (unpaired) electrons. The molecule has 2 N–H and O–H groups in total. The Balaban J connectivity index is 1.77. The van der Waals surface area contributed by atoms with Gasteiger partial charge in [-0.3, -0.25) is 14.4 Å². The molecule has 0 saturated carbocycles. The molecular weight excluding hydrogens is 344 g/mol. The summed E-state index contributed by atoms with van der Waals surface area (Å²) in [6, 6.07) is 12.1. The number of fused-ring (bicyclic) bond motifs is 1. The lowest BCUT2D eigenvalue weighted by molar-refractivity contribution is -0.114. The second-order valence-corrected chi connectivity index (χ2v) is 6.10. The van der Waals surface area contributed by atoms with Crippen LogP contribution in [0.3, 0.4) is 0 Å². The molecule has 3 rings (SSSR count). The van der Waals surface area contributed by atoms with Gasteiger partial charge in [-0.1, -0.05) is 17.7 Å². The van der Waals surface area contributed by atoms with E-state index in [0.717, 1.165) is 5.56 Å². The fourth-order valence-corrected chi connectivity index (χ4v) is 2.60. The summed E-state index contributed by atoms with van der Waals surface area (Å²) in [7, 11) is 0. The zero-order valence-electron chi connectivity index (χ0n) is 14.9. The first kappa shape index (κ1) is 18.1. The van der Waals surface area contributed by atoms with Crippen LogP contribution in [0.1, 0.15) is 18.1 Å². The van der Waals surface area contributed by atoms with Crippen LogP contribution in [0.5, 0.6) is 0 Å². The Bertz CT molecular complexity index is 1110. The van der Waals surface area contributed by atoms with Crippen molar-refractivity contribution in [3.05, 3.63) is 76.2 Å². The molecule has 3 aromatic rings. The number of aryl methyl sites for hydroxylation is 1. The number of hydrogen-bond acceptors (Lipinski definition) is 4. The molecule has 0 aliphatic rings. The van der Waals surface area contributed by atoms with Crippen molar-refractivity contribution in [1.29, 1.82) is 0 Å². The Hall–Kier alpha value is -3.67. The van der Waals surface area contributed by atoms with Crippen molar-refractivity contribution in [1.82, 2.24) is 0 Å². The lowest BCUT2D eigenvalue weighted by atomic mass is 10.1. The highest BCUT2D eigenvalue weighted by Crippen LogP contribution is 2.16. The second-order valence-electron chi connectivity index (χ2n) is 6.10. The van der Waals surface area contributed by atoms with Crippen molar-refractivity contribution in [2.45, 2.75) is 13.8 Å². The van der Waals surface area contributed by atoms with Crippen LogP contribution in [-0.4, -0.2) is 11.8 Å². The molecule has 136 valence electrons. The van der Waals surface area contributed by atoms with Crippen molar-refractivity contribution >= 4 is 40.2 Å². The topological polar surface area (TPSA) is 88.4 Å². The predicted octanol–water partition coefficient (Wildman–Crippen LogP) is 3.71. The summed E-state index contributed by atoms with van der Waals surface area (Å²) in [4.78, 5) is 35.8. The normalized spacial score (nSPS) is 10.9. The van der Waals surface area contributed by atoms with E-state index in [1.54, 1.807) is 36.4 Å². The summed E-state index contributed by atoms with van der Waals surface area (Å²) in [6.07, 6.45) is 4.01. The van der Waals surface area contributed by atoms with Gasteiger partial charge in [0, 0.05) is 24.4 Å². The minimum Gasteiger partial charge on any atom is -0.463 e. The SMILES string of the molecule is CC(=O)Nc1cccc(NC(=O)/C=C/c2coc3ccc(C)cc3c2=O)c1. The molecule has 2 amide bonds. The van der Waals surface area contributed by atoms with E-state index in [4.69, 9.17) is 4.42 Å². The highest BCUT2D eigenvalue weighted by Gasteiger charge is 2.06. The van der Waals surface area contributed by atoms with Gasteiger partial charge >= 0.3 is 0 Å². The minimum atomic E-state index is -0.404. The van der Waals surface area contributed by atoms with Crippen LogP contribution >= 0.6 is 0 Å². The predicted molar refractivity (Wildman–Crippen MR) is 106 cm³/mol. The third-order valence-corrected chi connectivity index (χ3v) is 3.82. The Morgan fingerprint density at radius 2 is 1.78 bits per heavy atom. The highest BCUT2D eigenvalue weighted by atomic mass is 16.3. The van der Waals surface area contributed by atoms with Crippen molar-refractivity contribution in [3.63, 3.8) is 0 Å². The summed E-state index contributed by atoms with van der Waals surface area (Å²) in [6.45, 7) is 3.30. The Morgan fingerprint density at radius 1 is 1.04 bits per heavy atom. The first-order valence-electron chi connectivity index (χ1n) is 8.31. The summed E-state index contributed by atoms with van der Waals surface area (Å²) in [5.74, 6) is -0.602. The van der Waals surface area contributed by atoms with Crippen molar-refractivity contribution < 1.29 is 14.0 Å². The van der Waals surface area contributed by atoms with Gasteiger partial charge in [0.2, 0.25) is 11.8 Å². The van der Waals surface area contributed by atoms with Crippen LogP contribution in [0.25, 0.3) is 17.0 Å². The van der Waals surface area contributed by atoms with Gasteiger partial charge in [0.1, 0.15) is 11.8 Å². The summed E-state index contributed by atoms with van der Waals surface area (Å²) < 4.78 is 5.46. The van der Waals surface area contributed by atoms with Crippen LogP contribution in [0.2, 0.25) is 0 Å². The molecule has 0 saturated heterocycles. The average Bonchev–Trinajstić information content (AvgIpc) is 2.61. The van der Waals surface area contributed by atoms with Crippen LogP contribution < -0.4 is 16.1 Å². The van der Waals surface area contributed by atoms with E-state index in [1.165, 1.54) is 25.3 Å². The molecule has 27 heavy (non-hydrogen) atoms. The van der Waals surface area contributed by atoms with Gasteiger partial charge < -0.3 is 15.1 Å². The van der Waals surface area contributed by atoms with E-state index in [9.17, 15) is 14.4 Å². The third-order valence-electron chi connectivity index (χ3n) is 3.82. The number of hydrogen-bond donors (Lipinski definition) is 2. The monoisotopic (exact) mass is 362 g/mol. The van der Waals surface area contributed by atoms with Crippen molar-refractivity contribution in [2.24, 2.45) is 0 Å². The van der Waals surface area contributed by atoms with E-state index in [0.29, 0.717) is 22.3 Å². The van der Waals surface area contributed by atoms with Crippen LogP contribution in [0.4, 0.5) is 11.4 Å². The summed E-state index contributed by atoms with van der Waals surface area (Å²) in [5, 5.41) is 5.80. The smallest absolute Gasteiger partial charge is 0.248 e. The third kappa shape index (κ3) is 4.49. The number of anilines is 2. The van der Waals surface area contributed by atoms with Crippen LogP contribution in [0, 0.1) is 6.92 Å². The van der Waals surface area contributed by atoms with E-state index in [1.807, 2.05) is 13.0 Å². The van der Waals surface area contributed by atoms with E-state index < -0.39 is 5.91 Å². The van der Waals surface area contributed by atoms with Crippen molar-refractivity contribution in [3.8, 4) is 0 Å². The molecule has 0 spiro atoms. The molecular formula is C21H18N2O4. The van der Waals surface area contributed by atoms with E-state index >= 15 is 0 Å². The van der Waals surface area contributed by atoms with Gasteiger partial charge in [-0.15, -0.1) is 0 Å². The zero-order chi connectivity index (χ0) is 19.4. The quantitative estimate of drug-likeness (QED) is 0.693. The number of carbonyl (C=O) groups excluding carboxylic acids is 2. The molecule has 0 unspecified atom stereocenters. The molecule has 2 aromatic carbocycles. The fraction of sp³-hybridized carbons (Fsp3) is 0.0952. The van der Waals surface area contributed by atoms with Gasteiger partial charge in [-0.25, -0.2) is 0 Å². The molecule has 0 bridgehead atoms. The van der Waals surface area contributed by atoms with E-state index in [2.05, 4.69) is 10.6 Å². The molecule has 6 nitrogen and oxygen atoms in total. The Labute approximate surface area is 155 Å². The maximum atomic E-state index is 12.5. The van der Waals surface area contributed by atoms with Crippen molar-refractivity contribution in [2.75, 3.05) is 10.6 Å². The molecule has 1 heterocycles. The largest absolute Gasteiger partial charge is 0.463 e. The molecule has 6 heteroatoms. The lowest BCUT2D eigenvalue weighted by Crippen LogP contribution is -2.10. The lowest BCUT2D eigenvalue weighted by Gasteiger charge is -2.06. The molecule has 1 aromatic heterocycles. The zero-order valence-corrected chi connectivity index (χ0v) is 14.9. The van der Waals surface area contributed by atoms with E-state index in [-0.39, 0.29) is 16.9 Å². The number of nitrogens with one attached hydrogen (secondary N) is 2. The minimum absolute atomic E-state index is 0.198. The molecule has 0 aliphatic carbocycles. The van der Waals surface area contributed by atoms with Crippen LogP contribution in [-0.2, 0) is 9.59 Å². The fourth-order valence-electron chi connectivity index (χ4n) is 2.60. The maximum Gasteiger partial charge on any atom is 0.248 e. The standard InChI is InChI=1S/C21H18N2O4/c1-13-6-8-19-18(10-13)21(26)15(12-27-19)7-9-20(25)23-17-5-3-4-16(11-17)22-14(2)24/h3-12H,1-2H3,(H,22,24)(H,23,25)/b9-7+. The number of amides is 2. The maximum absolute atomic E-state index is 12.5. The van der Waals surface area contributed by atoms with Crippen LogP contribution in [0.15, 0.2) is 64.0 Å². The van der Waals surface area contributed by atoms with Gasteiger partial charge in [-0.2, -0.15) is 0 Å². The molecule has 0 fully saturated rings. The first-order valence-corrected chi connectivity index (χ1v) is 8.31. The van der Waals surface area contributed by atoms with Gasteiger partial charge in [-0.05, 0) is 43.3 Å². The summed E-state index contributed by atoms with van der Waals surface area (Å²) >= 11 is 0. The number of rotatable bonds is 4. The second kappa shape index (κ2) is 7.70. The van der Waals surface area contributed by atoms with Gasteiger partial charge in [0.15, 0.2) is 5.43 Å². The van der Waals surface area contributed by atoms with Gasteiger partial charge in [0.25, 0.3) is 0 Å². The highest BCUT2D eigenvalue weighted by molar-refractivity contribution is 6.02. The molecule has 0 aliphatic heterocycles. The molecule has 0 atom stereocenters. The number of benzene rings is 2. The Kier molecular flexibility index (Phi) is 5.17. The Morgan fingerprint density at radius 3 is 2.52 bits per heavy atom. The summed E-state index contributed by atoms with van der Waals surface area (Å²) in [5.41, 5.74) is 2.65.